The van der Waals surface area contributed by atoms with E-state index in [2.05, 4.69) is 176 Å². The summed E-state index contributed by atoms with van der Waals surface area (Å²) in [7, 11) is 0. The van der Waals surface area contributed by atoms with Gasteiger partial charge in [-0.1, -0.05) is 130 Å². The van der Waals surface area contributed by atoms with Gasteiger partial charge in [0, 0.05) is 22.6 Å². The SMILES string of the molecule is C/C(=N\c1ccccc1C)c1ccc(-c2ccc3c(c2)C2(c4ccccc4-c4ccc(SOC(C)(C)C(C)(C)C)cc42)c2ccccc2-3)cc1. The number of nitrogens with zero attached hydrogens (tertiary/aromatic N) is 1. The zero-order valence-corrected chi connectivity index (χ0v) is 30.8. The van der Waals surface area contributed by atoms with Crippen molar-refractivity contribution in [1.29, 1.82) is 0 Å². The molecule has 2 nitrogen and oxygen atoms in total. The molecule has 0 radical (unpaired) electrons. The lowest BCUT2D eigenvalue weighted by Gasteiger charge is -2.37. The average Bonchev–Trinajstić information content (AvgIpc) is 3.58. The molecule has 3 heteroatoms. The summed E-state index contributed by atoms with van der Waals surface area (Å²) in [5, 5.41) is 0. The Labute approximate surface area is 301 Å². The zero-order chi connectivity index (χ0) is 34.8. The Morgan fingerprint density at radius 3 is 1.76 bits per heavy atom. The molecule has 0 saturated heterocycles. The van der Waals surface area contributed by atoms with Crippen molar-refractivity contribution in [3.8, 4) is 33.4 Å². The van der Waals surface area contributed by atoms with E-state index in [0.717, 1.165) is 21.9 Å². The van der Waals surface area contributed by atoms with Crippen LogP contribution in [-0.4, -0.2) is 11.3 Å². The van der Waals surface area contributed by atoms with E-state index in [-0.39, 0.29) is 11.0 Å². The standard InChI is InChI=1S/C47H43NOS/c1-30-14-8-13-19-44(30)48-31(2)32-20-22-33(23-21-32)34-24-26-38-36-15-9-11-17-40(36)47(42(38)28-34)41-18-12-10-16-37(41)39-27-25-35(29-43(39)47)50-49-46(6,7)45(3,4)5/h8-29H,1-7H3/b48-31+. The number of hydrogen-bond acceptors (Lipinski definition) is 3. The minimum absolute atomic E-state index is 0.00144. The second kappa shape index (κ2) is 12.0. The van der Waals surface area contributed by atoms with Crippen molar-refractivity contribution < 1.29 is 4.18 Å². The Morgan fingerprint density at radius 1 is 0.580 bits per heavy atom. The fraction of sp³-hybridized carbons (Fsp3) is 0.213. The highest BCUT2D eigenvalue weighted by Crippen LogP contribution is 2.63. The summed E-state index contributed by atoms with van der Waals surface area (Å²) in [5.74, 6) is 0. The first-order chi connectivity index (χ1) is 24.0. The second-order valence-corrected chi connectivity index (χ2v) is 16.1. The van der Waals surface area contributed by atoms with Crippen LogP contribution in [0.25, 0.3) is 33.4 Å². The molecule has 2 aliphatic rings. The van der Waals surface area contributed by atoms with Crippen LogP contribution in [0.2, 0.25) is 0 Å². The molecular formula is C47H43NOS. The van der Waals surface area contributed by atoms with E-state index in [1.165, 1.54) is 73.2 Å². The molecule has 0 fully saturated rings. The fourth-order valence-corrected chi connectivity index (χ4v) is 8.31. The summed E-state index contributed by atoms with van der Waals surface area (Å²) < 4.78 is 6.56. The smallest absolute Gasteiger partial charge is 0.0825 e. The van der Waals surface area contributed by atoms with Crippen LogP contribution in [0.15, 0.2) is 143 Å². The van der Waals surface area contributed by atoms with Crippen LogP contribution in [0, 0.1) is 12.3 Å². The van der Waals surface area contributed by atoms with E-state index in [9.17, 15) is 0 Å². The lowest BCUT2D eigenvalue weighted by atomic mass is 9.70. The molecule has 1 atom stereocenters. The maximum absolute atomic E-state index is 6.56. The largest absolute Gasteiger partial charge is 0.304 e. The fourth-order valence-electron chi connectivity index (χ4n) is 7.46. The summed E-state index contributed by atoms with van der Waals surface area (Å²) >= 11 is 1.50. The molecule has 50 heavy (non-hydrogen) atoms. The lowest BCUT2D eigenvalue weighted by Crippen LogP contribution is -2.37. The van der Waals surface area contributed by atoms with Gasteiger partial charge in [0.1, 0.15) is 0 Å². The summed E-state index contributed by atoms with van der Waals surface area (Å²) in [5.41, 5.74) is 16.5. The Balaban J connectivity index is 1.25. The molecule has 1 unspecified atom stereocenters. The topological polar surface area (TPSA) is 21.6 Å². The van der Waals surface area contributed by atoms with Crippen molar-refractivity contribution in [1.82, 2.24) is 0 Å². The van der Waals surface area contributed by atoms with Gasteiger partial charge < -0.3 is 4.18 Å². The van der Waals surface area contributed by atoms with Crippen molar-refractivity contribution in [2.24, 2.45) is 10.4 Å². The monoisotopic (exact) mass is 669 g/mol. The number of rotatable bonds is 6. The first-order valence-corrected chi connectivity index (χ1v) is 18.3. The van der Waals surface area contributed by atoms with Crippen LogP contribution < -0.4 is 0 Å². The van der Waals surface area contributed by atoms with Crippen LogP contribution in [0.4, 0.5) is 5.69 Å². The predicted octanol–water partition coefficient (Wildman–Crippen LogP) is 13.0. The molecule has 0 N–H and O–H groups in total. The van der Waals surface area contributed by atoms with Crippen LogP contribution >= 0.6 is 12.0 Å². The number of aryl methyl sites for hydroxylation is 1. The van der Waals surface area contributed by atoms with E-state index in [4.69, 9.17) is 9.18 Å². The van der Waals surface area contributed by atoms with Crippen LogP contribution in [0.5, 0.6) is 0 Å². The number of para-hydroxylation sites is 1. The van der Waals surface area contributed by atoms with Gasteiger partial charge in [-0.15, -0.1) is 0 Å². The third kappa shape index (κ3) is 5.10. The molecule has 0 aromatic heterocycles. The molecule has 0 heterocycles. The van der Waals surface area contributed by atoms with E-state index < -0.39 is 5.41 Å². The maximum Gasteiger partial charge on any atom is 0.0825 e. The summed E-state index contributed by atoms with van der Waals surface area (Å²) in [6.45, 7) is 15.3. The van der Waals surface area contributed by atoms with Crippen molar-refractivity contribution in [3.63, 3.8) is 0 Å². The van der Waals surface area contributed by atoms with Gasteiger partial charge in [0.2, 0.25) is 0 Å². The van der Waals surface area contributed by atoms with Gasteiger partial charge in [-0.05, 0) is 124 Å². The minimum atomic E-state index is -0.430. The number of aliphatic imine (C=N–C) groups is 1. The Hall–Kier alpha value is -4.70. The molecule has 2 aliphatic carbocycles. The normalized spacial score (nSPS) is 16.3. The highest BCUT2D eigenvalue weighted by molar-refractivity contribution is 7.94. The molecule has 8 rings (SSSR count). The van der Waals surface area contributed by atoms with Gasteiger partial charge >= 0.3 is 0 Å². The number of benzene rings is 6. The number of hydrogen-bond donors (Lipinski definition) is 0. The van der Waals surface area contributed by atoms with Gasteiger partial charge in [-0.2, -0.15) is 0 Å². The first kappa shape index (κ1) is 32.5. The van der Waals surface area contributed by atoms with Crippen molar-refractivity contribution in [2.75, 3.05) is 0 Å². The molecule has 248 valence electrons. The van der Waals surface area contributed by atoms with Crippen molar-refractivity contribution in [3.05, 3.63) is 167 Å². The molecule has 0 bridgehead atoms. The number of fused-ring (bicyclic) bond motifs is 10. The van der Waals surface area contributed by atoms with Crippen molar-refractivity contribution in [2.45, 2.75) is 64.4 Å². The zero-order valence-electron chi connectivity index (χ0n) is 30.0. The van der Waals surface area contributed by atoms with Crippen LogP contribution in [0.1, 0.15) is 74.9 Å². The Morgan fingerprint density at radius 2 is 1.12 bits per heavy atom. The van der Waals surface area contributed by atoms with Gasteiger partial charge in [0.15, 0.2) is 0 Å². The Kier molecular flexibility index (Phi) is 7.78. The quantitative estimate of drug-likeness (QED) is 0.130. The molecule has 0 saturated carbocycles. The van der Waals surface area contributed by atoms with Gasteiger partial charge in [0.05, 0.1) is 16.7 Å². The highest BCUT2D eigenvalue weighted by Gasteiger charge is 2.51. The third-order valence-electron chi connectivity index (χ3n) is 11.3. The minimum Gasteiger partial charge on any atom is -0.304 e. The third-order valence-corrected chi connectivity index (χ3v) is 12.2. The van der Waals surface area contributed by atoms with E-state index >= 15 is 0 Å². The van der Waals surface area contributed by atoms with E-state index in [1.807, 2.05) is 6.07 Å². The van der Waals surface area contributed by atoms with Crippen LogP contribution in [-0.2, 0) is 9.60 Å². The molecule has 0 amide bonds. The van der Waals surface area contributed by atoms with Gasteiger partial charge in [-0.3, -0.25) is 4.99 Å². The summed E-state index contributed by atoms with van der Waals surface area (Å²) in [4.78, 5) is 6.06. The Bertz CT molecular complexity index is 2290. The van der Waals surface area contributed by atoms with E-state index in [0.29, 0.717) is 0 Å². The molecule has 6 aromatic carbocycles. The van der Waals surface area contributed by atoms with Gasteiger partial charge in [-0.25, -0.2) is 0 Å². The summed E-state index contributed by atoms with van der Waals surface area (Å²) in [6, 6.07) is 49.2. The molecule has 0 aliphatic heterocycles. The first-order valence-electron chi connectivity index (χ1n) is 17.6. The van der Waals surface area contributed by atoms with Gasteiger partial charge in [0.25, 0.3) is 0 Å². The lowest BCUT2D eigenvalue weighted by molar-refractivity contribution is 0.0195. The molecular weight excluding hydrogens is 627 g/mol. The average molecular weight is 670 g/mol. The second-order valence-electron chi connectivity index (χ2n) is 15.3. The maximum atomic E-state index is 6.56. The van der Waals surface area contributed by atoms with Crippen molar-refractivity contribution >= 4 is 23.4 Å². The highest BCUT2D eigenvalue weighted by atomic mass is 32.2. The predicted molar refractivity (Wildman–Crippen MR) is 212 cm³/mol. The molecule has 1 spiro atoms. The molecule has 6 aromatic rings. The van der Waals surface area contributed by atoms with E-state index in [1.54, 1.807) is 0 Å². The summed E-state index contributed by atoms with van der Waals surface area (Å²) in [6.07, 6.45) is 0. The van der Waals surface area contributed by atoms with Crippen LogP contribution in [0.3, 0.4) is 0 Å².